The molecule has 0 unspecified atom stereocenters. The lowest BCUT2D eigenvalue weighted by Gasteiger charge is -2.34. The van der Waals surface area contributed by atoms with Gasteiger partial charge >= 0.3 is 5.97 Å². The van der Waals surface area contributed by atoms with E-state index in [0.717, 1.165) is 50.3 Å². The Kier molecular flexibility index (Phi) is 6.68. The number of likely N-dealkylation sites (N-methyl/N-ethyl adjacent to an activating group) is 1. The van der Waals surface area contributed by atoms with Gasteiger partial charge in [-0.1, -0.05) is 0 Å². The molecule has 3 aromatic rings. The molecular formula is C24H29FN8O3. The summed E-state index contributed by atoms with van der Waals surface area (Å²) in [5, 5.41) is 23.4. The van der Waals surface area contributed by atoms with Gasteiger partial charge in [0.25, 0.3) is 5.91 Å². The fourth-order valence-corrected chi connectivity index (χ4v) is 4.64. The molecule has 0 saturated heterocycles. The number of fused-ring (bicyclic) bond motifs is 1. The highest BCUT2D eigenvalue weighted by atomic mass is 19.1. The SMILES string of the molecule is CN(CC(=O)O)[C@H]1CC[C@H](Nc2cc(NC3CC3)c3ncc(C(=O)Nc4ccnc(F)c4)n3n2)CC1. The van der Waals surface area contributed by atoms with Crippen LogP contribution in [0.25, 0.3) is 5.65 Å². The van der Waals surface area contributed by atoms with Gasteiger partial charge in [-0.25, -0.2) is 14.5 Å². The van der Waals surface area contributed by atoms with Gasteiger partial charge in [0.05, 0.1) is 18.4 Å². The van der Waals surface area contributed by atoms with Crippen molar-refractivity contribution in [3.05, 3.63) is 42.2 Å². The summed E-state index contributed by atoms with van der Waals surface area (Å²) in [5.41, 5.74) is 1.85. The lowest BCUT2D eigenvalue weighted by Crippen LogP contribution is -2.40. The second-order valence-corrected chi connectivity index (χ2v) is 9.52. The Hall–Kier alpha value is -3.80. The van der Waals surface area contributed by atoms with Gasteiger partial charge in [0.15, 0.2) is 11.3 Å². The normalized spacial score (nSPS) is 19.9. The van der Waals surface area contributed by atoms with E-state index < -0.39 is 17.8 Å². The monoisotopic (exact) mass is 496 g/mol. The highest BCUT2D eigenvalue weighted by molar-refractivity contribution is 6.03. The molecule has 2 aliphatic rings. The molecule has 4 N–H and O–H groups in total. The molecule has 0 atom stereocenters. The second kappa shape index (κ2) is 10.1. The van der Waals surface area contributed by atoms with E-state index in [2.05, 4.69) is 31.0 Å². The van der Waals surface area contributed by atoms with Crippen LogP contribution < -0.4 is 16.0 Å². The number of carbonyl (C=O) groups is 2. The zero-order chi connectivity index (χ0) is 25.2. The minimum absolute atomic E-state index is 0.0365. The molecule has 2 fully saturated rings. The number of nitrogens with zero attached hydrogens (tertiary/aromatic N) is 5. The lowest BCUT2D eigenvalue weighted by atomic mass is 9.90. The van der Waals surface area contributed by atoms with Crippen molar-refractivity contribution in [2.24, 2.45) is 0 Å². The van der Waals surface area contributed by atoms with E-state index in [4.69, 9.17) is 5.11 Å². The fourth-order valence-electron chi connectivity index (χ4n) is 4.64. The summed E-state index contributed by atoms with van der Waals surface area (Å²) in [6.45, 7) is 0.0365. The maximum Gasteiger partial charge on any atom is 0.317 e. The molecular weight excluding hydrogens is 467 g/mol. The molecule has 1 amide bonds. The molecule has 2 saturated carbocycles. The molecule has 190 valence electrons. The van der Waals surface area contributed by atoms with Crippen LogP contribution in [-0.4, -0.2) is 73.2 Å². The van der Waals surface area contributed by atoms with Crippen molar-refractivity contribution in [1.29, 1.82) is 0 Å². The van der Waals surface area contributed by atoms with Crippen LogP contribution in [0.2, 0.25) is 0 Å². The first-order chi connectivity index (χ1) is 17.4. The maximum absolute atomic E-state index is 13.5. The third-order valence-electron chi connectivity index (χ3n) is 6.68. The van der Waals surface area contributed by atoms with Crippen LogP contribution in [0.5, 0.6) is 0 Å². The summed E-state index contributed by atoms with van der Waals surface area (Å²) in [5.74, 6) is -1.34. The van der Waals surface area contributed by atoms with Gasteiger partial charge in [0.1, 0.15) is 5.82 Å². The highest BCUT2D eigenvalue weighted by Gasteiger charge is 2.27. The van der Waals surface area contributed by atoms with Gasteiger partial charge in [-0.2, -0.15) is 4.39 Å². The number of halogens is 1. The van der Waals surface area contributed by atoms with E-state index in [0.29, 0.717) is 17.5 Å². The maximum atomic E-state index is 13.5. The molecule has 3 heterocycles. The van der Waals surface area contributed by atoms with E-state index in [9.17, 15) is 14.0 Å². The zero-order valence-corrected chi connectivity index (χ0v) is 19.9. The van der Waals surface area contributed by atoms with Gasteiger partial charge in [-0.05, 0) is 51.6 Å². The Labute approximate surface area is 207 Å². The number of aromatic nitrogens is 4. The van der Waals surface area contributed by atoms with Crippen LogP contribution in [-0.2, 0) is 4.79 Å². The first-order valence-electron chi connectivity index (χ1n) is 12.1. The standard InChI is InChI=1S/C24H29FN8O3/c1-32(13-22(34)35)17-6-4-15(5-7-17)29-21-11-18(28-14-2-3-14)23-27-12-19(33(23)31-21)24(36)30-16-8-9-26-20(25)10-16/h8-12,14-15,17,28H,2-7,13H2,1H3,(H,29,31)(H,34,35)(H,26,30,36)/t15-,17-. The van der Waals surface area contributed by atoms with Crippen molar-refractivity contribution in [2.45, 2.75) is 56.7 Å². The van der Waals surface area contributed by atoms with Crippen LogP contribution in [0, 0.1) is 5.95 Å². The van der Waals surface area contributed by atoms with Gasteiger partial charge in [-0.3, -0.25) is 14.5 Å². The average molecular weight is 497 g/mol. The quantitative estimate of drug-likeness (QED) is 0.330. The number of carboxylic acid groups (broad SMARTS) is 1. The molecule has 5 rings (SSSR count). The Morgan fingerprint density at radius 1 is 1.11 bits per heavy atom. The number of hydrogen-bond acceptors (Lipinski definition) is 8. The molecule has 36 heavy (non-hydrogen) atoms. The number of pyridine rings is 1. The summed E-state index contributed by atoms with van der Waals surface area (Å²) < 4.78 is 15.0. The molecule has 12 heteroatoms. The van der Waals surface area contributed by atoms with Crippen molar-refractivity contribution in [3.63, 3.8) is 0 Å². The predicted octanol–water partition coefficient (Wildman–Crippen LogP) is 2.83. The number of anilines is 3. The smallest absolute Gasteiger partial charge is 0.317 e. The van der Waals surface area contributed by atoms with Crippen molar-refractivity contribution in [1.82, 2.24) is 24.5 Å². The van der Waals surface area contributed by atoms with Gasteiger partial charge in [-0.15, -0.1) is 5.10 Å². The third kappa shape index (κ3) is 5.54. The average Bonchev–Trinajstić information content (AvgIpc) is 3.54. The Morgan fingerprint density at radius 2 is 1.83 bits per heavy atom. The number of amides is 1. The van der Waals surface area contributed by atoms with E-state index in [-0.39, 0.29) is 30.0 Å². The topological polar surface area (TPSA) is 137 Å². The zero-order valence-electron chi connectivity index (χ0n) is 19.9. The van der Waals surface area contributed by atoms with Gasteiger partial charge < -0.3 is 21.1 Å². The number of carbonyl (C=O) groups excluding carboxylic acids is 1. The minimum atomic E-state index is -0.819. The first kappa shape index (κ1) is 23.9. The number of carboxylic acids is 1. The summed E-state index contributed by atoms with van der Waals surface area (Å²) in [7, 11) is 1.85. The number of aliphatic carboxylic acids is 1. The van der Waals surface area contributed by atoms with Gasteiger partial charge in [0.2, 0.25) is 5.95 Å². The number of rotatable bonds is 9. The van der Waals surface area contributed by atoms with Crippen molar-refractivity contribution < 1.29 is 19.1 Å². The third-order valence-corrected chi connectivity index (χ3v) is 6.68. The molecule has 2 aliphatic carbocycles. The molecule has 0 aromatic carbocycles. The van der Waals surface area contributed by atoms with Crippen molar-refractivity contribution >= 4 is 34.7 Å². The highest BCUT2D eigenvalue weighted by Crippen LogP contribution is 2.30. The van der Waals surface area contributed by atoms with Crippen molar-refractivity contribution in [2.75, 3.05) is 29.5 Å². The summed E-state index contributed by atoms with van der Waals surface area (Å²) in [6, 6.07) is 5.37. The van der Waals surface area contributed by atoms with Gasteiger partial charge in [0, 0.05) is 42.1 Å². The molecule has 3 aromatic heterocycles. The Morgan fingerprint density at radius 3 is 2.53 bits per heavy atom. The first-order valence-corrected chi connectivity index (χ1v) is 12.1. The summed E-state index contributed by atoms with van der Waals surface area (Å²) in [6.07, 6.45) is 8.43. The van der Waals surface area contributed by atoms with Crippen LogP contribution in [0.1, 0.15) is 49.0 Å². The minimum Gasteiger partial charge on any atom is -0.480 e. The second-order valence-electron chi connectivity index (χ2n) is 9.52. The summed E-state index contributed by atoms with van der Waals surface area (Å²) >= 11 is 0. The van der Waals surface area contributed by atoms with Crippen molar-refractivity contribution in [3.8, 4) is 0 Å². The lowest BCUT2D eigenvalue weighted by molar-refractivity contribution is -0.138. The largest absolute Gasteiger partial charge is 0.480 e. The molecule has 11 nitrogen and oxygen atoms in total. The number of imidazole rings is 1. The van der Waals surface area contributed by atoms with Crippen LogP contribution >= 0.6 is 0 Å². The van der Waals surface area contributed by atoms with Crippen LogP contribution in [0.15, 0.2) is 30.6 Å². The summed E-state index contributed by atoms with van der Waals surface area (Å²) in [4.78, 5) is 33.8. The van der Waals surface area contributed by atoms with E-state index in [1.54, 1.807) is 0 Å². The van der Waals surface area contributed by atoms with E-state index in [1.807, 2.05) is 18.0 Å². The molecule has 0 radical (unpaired) electrons. The Bertz CT molecular complexity index is 1270. The van der Waals surface area contributed by atoms with E-state index in [1.165, 1.54) is 23.0 Å². The molecule has 0 bridgehead atoms. The number of nitrogens with one attached hydrogen (secondary N) is 3. The van der Waals surface area contributed by atoms with E-state index >= 15 is 0 Å². The fraction of sp³-hybridized carbons (Fsp3) is 0.458. The Balaban J connectivity index is 1.34. The molecule has 0 aliphatic heterocycles. The predicted molar refractivity (Wildman–Crippen MR) is 132 cm³/mol. The van der Waals surface area contributed by atoms with Crippen LogP contribution in [0.3, 0.4) is 0 Å². The number of hydrogen-bond donors (Lipinski definition) is 4. The molecule has 0 spiro atoms. The van der Waals surface area contributed by atoms with Crippen LogP contribution in [0.4, 0.5) is 21.6 Å².